The molecule has 5 N–H and O–H groups in total. The average Bonchev–Trinajstić information content (AvgIpc) is 2.43. The molecule has 3 atom stereocenters. The van der Waals surface area contributed by atoms with E-state index >= 15 is 0 Å². The van der Waals surface area contributed by atoms with Gasteiger partial charge in [-0.3, -0.25) is 4.79 Å². The van der Waals surface area contributed by atoms with Crippen LogP contribution >= 0.6 is 28.7 Å². The number of hydrogen-bond donors (Lipinski definition) is 3. The summed E-state index contributed by atoms with van der Waals surface area (Å²) in [5.74, 6) is 0.218. The van der Waals surface area contributed by atoms with Crippen molar-refractivity contribution in [2.24, 2.45) is 11.5 Å². The summed E-state index contributed by atoms with van der Waals surface area (Å²) in [6.07, 6.45) is 2.93. The molecule has 1 aliphatic rings. The van der Waals surface area contributed by atoms with Crippen LogP contribution in [-0.4, -0.2) is 34.2 Å². The van der Waals surface area contributed by atoms with Gasteiger partial charge in [0.1, 0.15) is 0 Å². The second-order valence-corrected chi connectivity index (χ2v) is 5.02. The van der Waals surface area contributed by atoms with Crippen LogP contribution in [0.25, 0.3) is 0 Å². The zero-order valence-electron chi connectivity index (χ0n) is 8.59. The highest BCUT2D eigenvalue weighted by Crippen LogP contribution is 2.28. The van der Waals surface area contributed by atoms with E-state index in [9.17, 15) is 4.79 Å². The molecule has 0 aromatic heterocycles. The summed E-state index contributed by atoms with van der Waals surface area (Å²) < 4.78 is 0. The molecule has 0 amide bonds. The largest absolute Gasteiger partial charge is 0.481 e. The molecule has 0 radical (unpaired) electrons. The molecule has 0 aliphatic carbocycles. The van der Waals surface area contributed by atoms with E-state index in [1.54, 1.807) is 0 Å². The van der Waals surface area contributed by atoms with Crippen LogP contribution in [0.2, 0.25) is 0 Å². The first kappa shape index (κ1) is 15.2. The molecular weight excluding hydrogens is 280 g/mol. The van der Waals surface area contributed by atoms with Crippen LogP contribution in [0.1, 0.15) is 25.7 Å². The lowest BCUT2D eigenvalue weighted by molar-refractivity contribution is -0.137. The predicted octanol–water partition coefficient (Wildman–Crippen LogP) is 0.979. The van der Waals surface area contributed by atoms with Gasteiger partial charge in [-0.05, 0) is 12.8 Å². The number of hydrogen-bond acceptors (Lipinski definition) is 4. The molecule has 90 valence electrons. The molecule has 1 rings (SSSR count). The number of carbonyl (C=O) groups is 1. The van der Waals surface area contributed by atoms with E-state index in [2.05, 4.69) is 0 Å². The number of aliphatic carboxylic acids is 1. The molecule has 1 saturated heterocycles. The zero-order valence-corrected chi connectivity index (χ0v) is 11.1. The number of unbranched alkanes of at least 4 members (excludes halogenated alkanes) is 1. The highest BCUT2D eigenvalue weighted by atomic mass is 79.9. The van der Waals surface area contributed by atoms with Crippen molar-refractivity contribution in [1.82, 2.24) is 0 Å². The third kappa shape index (κ3) is 5.19. The third-order valence-corrected chi connectivity index (χ3v) is 4.11. The quantitative estimate of drug-likeness (QED) is 0.658. The molecule has 0 spiro atoms. The molecular formula is C9H19BrN2O2S. The molecule has 0 unspecified atom stereocenters. The van der Waals surface area contributed by atoms with Crippen LogP contribution in [0.5, 0.6) is 0 Å². The fourth-order valence-electron chi connectivity index (χ4n) is 1.63. The van der Waals surface area contributed by atoms with Gasteiger partial charge in [0.25, 0.3) is 0 Å². The number of carboxylic acid groups (broad SMARTS) is 1. The molecule has 0 bridgehead atoms. The minimum Gasteiger partial charge on any atom is -0.481 e. The number of carboxylic acids is 1. The molecule has 0 saturated carbocycles. The van der Waals surface area contributed by atoms with E-state index in [1.807, 2.05) is 11.8 Å². The van der Waals surface area contributed by atoms with Crippen molar-refractivity contribution in [3.8, 4) is 0 Å². The molecule has 0 aromatic carbocycles. The summed E-state index contributed by atoms with van der Waals surface area (Å²) in [5, 5.41) is 8.88. The van der Waals surface area contributed by atoms with Crippen LogP contribution in [0, 0.1) is 0 Å². The minimum absolute atomic E-state index is 0. The van der Waals surface area contributed by atoms with Gasteiger partial charge in [-0.1, -0.05) is 6.42 Å². The Kier molecular flexibility index (Phi) is 7.60. The molecule has 4 nitrogen and oxygen atoms in total. The zero-order chi connectivity index (χ0) is 10.6. The maximum Gasteiger partial charge on any atom is 0.303 e. The van der Waals surface area contributed by atoms with Gasteiger partial charge < -0.3 is 16.6 Å². The van der Waals surface area contributed by atoms with E-state index in [4.69, 9.17) is 16.6 Å². The fourth-order valence-corrected chi connectivity index (χ4v) is 3.08. The van der Waals surface area contributed by atoms with Crippen LogP contribution in [-0.2, 0) is 4.79 Å². The smallest absolute Gasteiger partial charge is 0.303 e. The van der Waals surface area contributed by atoms with Crippen molar-refractivity contribution < 1.29 is 9.90 Å². The fraction of sp³-hybridized carbons (Fsp3) is 0.889. The Morgan fingerprint density at radius 3 is 2.53 bits per heavy atom. The summed E-state index contributed by atoms with van der Waals surface area (Å²) in [7, 11) is 0. The van der Waals surface area contributed by atoms with Crippen molar-refractivity contribution in [3.05, 3.63) is 0 Å². The second kappa shape index (κ2) is 7.49. The molecule has 15 heavy (non-hydrogen) atoms. The van der Waals surface area contributed by atoms with E-state index in [0.717, 1.165) is 25.0 Å². The highest BCUT2D eigenvalue weighted by Gasteiger charge is 2.30. The van der Waals surface area contributed by atoms with Gasteiger partial charge in [0.15, 0.2) is 0 Å². The van der Waals surface area contributed by atoms with Crippen molar-refractivity contribution in [3.63, 3.8) is 0 Å². The third-order valence-electron chi connectivity index (χ3n) is 2.56. The monoisotopic (exact) mass is 298 g/mol. The number of nitrogens with two attached hydrogens (primary N) is 2. The van der Waals surface area contributed by atoms with Gasteiger partial charge in [-0.2, -0.15) is 11.8 Å². The Bertz CT molecular complexity index is 207. The van der Waals surface area contributed by atoms with Crippen LogP contribution in [0.15, 0.2) is 0 Å². The Morgan fingerprint density at radius 2 is 2.07 bits per heavy atom. The molecule has 6 heteroatoms. The van der Waals surface area contributed by atoms with Gasteiger partial charge in [-0.15, -0.1) is 17.0 Å². The first-order chi connectivity index (χ1) is 6.61. The molecule has 1 heterocycles. The van der Waals surface area contributed by atoms with E-state index < -0.39 is 5.97 Å². The Balaban J connectivity index is 0.00000196. The van der Waals surface area contributed by atoms with Crippen molar-refractivity contribution in [2.75, 3.05) is 5.75 Å². The normalized spacial score (nSPS) is 29.9. The van der Waals surface area contributed by atoms with Crippen molar-refractivity contribution >= 4 is 34.7 Å². The Labute approximate surface area is 105 Å². The summed E-state index contributed by atoms with van der Waals surface area (Å²) in [6, 6.07) is 0.203. The van der Waals surface area contributed by atoms with Gasteiger partial charge in [0.05, 0.1) is 0 Å². The standard InChI is InChI=1S/C9H18N2O2S.BrH/c10-6-5-14-7(9(6)11)3-1-2-4-8(12)13;/h6-7,9H,1-5,10-11H2,(H,12,13);1H/t6-,7-,9-;/m0./s1. The van der Waals surface area contributed by atoms with Gasteiger partial charge >= 0.3 is 5.97 Å². The van der Waals surface area contributed by atoms with E-state index in [-0.39, 0.29) is 35.5 Å². The van der Waals surface area contributed by atoms with Crippen LogP contribution in [0.3, 0.4) is 0 Å². The Hall–Kier alpha value is 0.220. The summed E-state index contributed by atoms with van der Waals surface area (Å²) in [4.78, 5) is 10.3. The number of thioether (sulfide) groups is 1. The van der Waals surface area contributed by atoms with Crippen LogP contribution < -0.4 is 11.5 Å². The van der Waals surface area contributed by atoms with Gasteiger partial charge in [-0.25, -0.2) is 0 Å². The van der Waals surface area contributed by atoms with Crippen LogP contribution in [0.4, 0.5) is 0 Å². The van der Waals surface area contributed by atoms with Gasteiger partial charge in [0, 0.05) is 29.5 Å². The second-order valence-electron chi connectivity index (χ2n) is 3.75. The summed E-state index contributed by atoms with van der Waals surface area (Å²) >= 11 is 1.82. The van der Waals surface area contributed by atoms with Crippen molar-refractivity contribution in [2.45, 2.75) is 43.0 Å². The maximum absolute atomic E-state index is 10.3. The summed E-state index contributed by atoms with van der Waals surface area (Å²) in [5.41, 5.74) is 11.7. The molecule has 1 fully saturated rings. The number of halogens is 1. The van der Waals surface area contributed by atoms with Crippen molar-refractivity contribution in [1.29, 1.82) is 0 Å². The molecule has 1 aliphatic heterocycles. The predicted molar refractivity (Wildman–Crippen MR) is 68.6 cm³/mol. The highest BCUT2D eigenvalue weighted by molar-refractivity contribution is 8.93. The molecule has 0 aromatic rings. The average molecular weight is 299 g/mol. The van der Waals surface area contributed by atoms with E-state index in [1.165, 1.54) is 0 Å². The lowest BCUT2D eigenvalue weighted by Crippen LogP contribution is -2.43. The summed E-state index contributed by atoms with van der Waals surface area (Å²) in [6.45, 7) is 0. The first-order valence-corrected chi connectivity index (χ1v) is 6.00. The Morgan fingerprint density at radius 1 is 1.40 bits per heavy atom. The maximum atomic E-state index is 10.3. The first-order valence-electron chi connectivity index (χ1n) is 4.96. The number of rotatable bonds is 5. The topological polar surface area (TPSA) is 89.3 Å². The van der Waals surface area contributed by atoms with E-state index in [0.29, 0.717) is 5.25 Å². The van der Waals surface area contributed by atoms with Gasteiger partial charge in [0.2, 0.25) is 0 Å². The minimum atomic E-state index is -0.718. The lowest BCUT2D eigenvalue weighted by atomic mass is 10.0. The SMILES string of the molecule is Br.N[C@@H]1[C@H](CCCCC(=O)O)SC[C@@H]1N. The lowest BCUT2D eigenvalue weighted by Gasteiger charge is -2.16.